The summed E-state index contributed by atoms with van der Waals surface area (Å²) in [6.45, 7) is 8.05. The summed E-state index contributed by atoms with van der Waals surface area (Å²) in [5.74, 6) is -0.231. The highest BCUT2D eigenvalue weighted by Crippen LogP contribution is 2.34. The fourth-order valence-corrected chi connectivity index (χ4v) is 2.05. The summed E-state index contributed by atoms with van der Waals surface area (Å²) in [7, 11) is 1.40. The first-order valence-electron chi connectivity index (χ1n) is 6.22. The molecule has 100 valence electrons. The number of esters is 1. The van der Waals surface area contributed by atoms with Crippen LogP contribution < -0.4 is 0 Å². The van der Waals surface area contributed by atoms with Gasteiger partial charge >= 0.3 is 5.97 Å². The van der Waals surface area contributed by atoms with Gasteiger partial charge in [-0.15, -0.1) is 0 Å². The molecule has 3 nitrogen and oxygen atoms in total. The monoisotopic (exact) mass is 250 g/mol. The van der Waals surface area contributed by atoms with Crippen LogP contribution in [0, 0.1) is 0 Å². The Balaban J connectivity index is 3.23. The number of phenols is 1. The molecule has 1 atom stereocenters. The number of ether oxygens (including phenoxy) is 1. The summed E-state index contributed by atoms with van der Waals surface area (Å²) in [4.78, 5) is 11.7. The van der Waals surface area contributed by atoms with Crippen LogP contribution in [0.4, 0.5) is 0 Å². The number of rotatable bonds is 3. The summed E-state index contributed by atoms with van der Waals surface area (Å²) in [6.07, 6.45) is 0.682. The van der Waals surface area contributed by atoms with Gasteiger partial charge in [0.15, 0.2) is 0 Å². The predicted molar refractivity (Wildman–Crippen MR) is 71.9 cm³/mol. The van der Waals surface area contributed by atoms with E-state index in [9.17, 15) is 9.90 Å². The van der Waals surface area contributed by atoms with Gasteiger partial charge in [-0.2, -0.15) is 0 Å². The first-order chi connectivity index (χ1) is 8.31. The minimum Gasteiger partial charge on any atom is -0.508 e. The van der Waals surface area contributed by atoms with Gasteiger partial charge in [-0.1, -0.05) is 39.8 Å². The lowest BCUT2D eigenvalue weighted by Gasteiger charge is -2.22. The first-order valence-corrected chi connectivity index (χ1v) is 6.22. The number of hydrogen-bond donors (Lipinski definition) is 1. The molecule has 1 unspecified atom stereocenters. The molecular weight excluding hydrogens is 228 g/mol. The van der Waals surface area contributed by atoms with Gasteiger partial charge in [0.05, 0.1) is 13.0 Å². The molecule has 0 aliphatic heterocycles. The molecule has 1 N–H and O–H groups in total. The lowest BCUT2D eigenvalue weighted by atomic mass is 9.83. The third kappa shape index (κ3) is 3.03. The molecule has 1 aromatic rings. The Morgan fingerprint density at radius 1 is 1.39 bits per heavy atom. The second-order valence-corrected chi connectivity index (χ2v) is 5.51. The van der Waals surface area contributed by atoms with Crippen molar-refractivity contribution in [3.8, 4) is 5.75 Å². The summed E-state index contributed by atoms with van der Waals surface area (Å²) in [5.41, 5.74) is 1.59. The maximum absolute atomic E-state index is 11.7. The van der Waals surface area contributed by atoms with Crippen molar-refractivity contribution in [3.63, 3.8) is 0 Å². The minimum atomic E-state index is -0.267. The van der Waals surface area contributed by atoms with E-state index in [2.05, 4.69) is 0 Å². The Morgan fingerprint density at radius 2 is 2.00 bits per heavy atom. The van der Waals surface area contributed by atoms with E-state index in [4.69, 9.17) is 4.74 Å². The Bertz CT molecular complexity index is 430. The van der Waals surface area contributed by atoms with Crippen LogP contribution in [0.25, 0.3) is 0 Å². The average Bonchev–Trinajstić information content (AvgIpc) is 2.30. The lowest BCUT2D eigenvalue weighted by molar-refractivity contribution is -0.142. The molecule has 0 amide bonds. The summed E-state index contributed by atoms with van der Waals surface area (Å²) < 4.78 is 4.81. The van der Waals surface area contributed by atoms with E-state index >= 15 is 0 Å². The van der Waals surface area contributed by atoms with Crippen LogP contribution in [0.5, 0.6) is 5.75 Å². The van der Waals surface area contributed by atoms with Crippen molar-refractivity contribution in [2.24, 2.45) is 0 Å². The second-order valence-electron chi connectivity index (χ2n) is 5.51. The molecule has 0 aliphatic rings. The molecule has 0 aromatic heterocycles. The van der Waals surface area contributed by atoms with Crippen LogP contribution in [-0.4, -0.2) is 18.2 Å². The molecule has 0 radical (unpaired) electrons. The molecule has 0 saturated carbocycles. The highest BCUT2D eigenvalue weighted by atomic mass is 16.5. The highest BCUT2D eigenvalue weighted by molar-refractivity contribution is 5.78. The molecular formula is C15H22O3. The fraction of sp³-hybridized carbons (Fsp3) is 0.533. The van der Waals surface area contributed by atoms with Crippen molar-refractivity contribution in [1.29, 1.82) is 0 Å². The molecule has 0 aliphatic carbocycles. The normalized spacial score (nSPS) is 13.2. The Morgan fingerprint density at radius 3 is 2.44 bits per heavy atom. The van der Waals surface area contributed by atoms with E-state index < -0.39 is 0 Å². The molecule has 1 aromatic carbocycles. The van der Waals surface area contributed by atoms with E-state index in [1.54, 1.807) is 12.1 Å². The third-order valence-electron chi connectivity index (χ3n) is 3.12. The van der Waals surface area contributed by atoms with E-state index in [1.165, 1.54) is 7.11 Å². The van der Waals surface area contributed by atoms with E-state index in [1.807, 2.05) is 33.8 Å². The van der Waals surface area contributed by atoms with Gasteiger partial charge in [-0.25, -0.2) is 0 Å². The summed E-state index contributed by atoms with van der Waals surface area (Å²) in [5, 5.41) is 9.90. The maximum atomic E-state index is 11.7. The van der Waals surface area contributed by atoms with Crippen molar-refractivity contribution >= 4 is 5.97 Å². The fourth-order valence-electron chi connectivity index (χ4n) is 2.05. The Kier molecular flexibility index (Phi) is 4.38. The van der Waals surface area contributed by atoms with Crippen LogP contribution in [-0.2, 0) is 14.9 Å². The number of hydrogen-bond acceptors (Lipinski definition) is 3. The zero-order valence-electron chi connectivity index (χ0n) is 11.8. The number of aromatic hydroxyl groups is 1. The lowest BCUT2D eigenvalue weighted by Crippen LogP contribution is -2.16. The van der Waals surface area contributed by atoms with Gasteiger partial charge in [-0.3, -0.25) is 4.79 Å². The van der Waals surface area contributed by atoms with Gasteiger partial charge in [0.2, 0.25) is 0 Å². The maximum Gasteiger partial charge on any atom is 0.313 e. The molecule has 18 heavy (non-hydrogen) atoms. The average molecular weight is 250 g/mol. The largest absolute Gasteiger partial charge is 0.508 e. The zero-order valence-corrected chi connectivity index (χ0v) is 11.8. The van der Waals surface area contributed by atoms with Crippen molar-refractivity contribution in [1.82, 2.24) is 0 Å². The van der Waals surface area contributed by atoms with E-state index in [-0.39, 0.29) is 23.1 Å². The SMILES string of the molecule is CCC(C(=O)OC)c1ccc(O)c(C(C)(C)C)c1. The van der Waals surface area contributed by atoms with Gasteiger partial charge < -0.3 is 9.84 Å². The van der Waals surface area contributed by atoms with Crippen molar-refractivity contribution in [2.45, 2.75) is 45.4 Å². The van der Waals surface area contributed by atoms with Crippen LogP contribution in [0.3, 0.4) is 0 Å². The number of benzene rings is 1. The van der Waals surface area contributed by atoms with Crippen molar-refractivity contribution in [2.75, 3.05) is 7.11 Å². The number of carbonyl (C=O) groups is 1. The van der Waals surface area contributed by atoms with E-state index in [0.717, 1.165) is 11.1 Å². The van der Waals surface area contributed by atoms with Crippen LogP contribution in [0.15, 0.2) is 18.2 Å². The van der Waals surface area contributed by atoms with Crippen molar-refractivity contribution < 1.29 is 14.6 Å². The van der Waals surface area contributed by atoms with Gasteiger partial charge in [-0.05, 0) is 29.0 Å². The standard InChI is InChI=1S/C15H22O3/c1-6-11(14(17)18-5)10-7-8-13(16)12(9-10)15(2,3)4/h7-9,11,16H,6H2,1-5H3. The third-order valence-corrected chi connectivity index (χ3v) is 3.12. The summed E-state index contributed by atoms with van der Waals surface area (Å²) in [6, 6.07) is 5.34. The minimum absolute atomic E-state index is 0.158. The number of methoxy groups -OCH3 is 1. The molecule has 0 fully saturated rings. The van der Waals surface area contributed by atoms with Gasteiger partial charge in [0.25, 0.3) is 0 Å². The first kappa shape index (κ1) is 14.6. The van der Waals surface area contributed by atoms with Crippen LogP contribution >= 0.6 is 0 Å². The number of phenolic OH excluding ortho intramolecular Hbond substituents is 1. The second kappa shape index (κ2) is 5.42. The molecule has 0 bridgehead atoms. The smallest absolute Gasteiger partial charge is 0.313 e. The highest BCUT2D eigenvalue weighted by Gasteiger charge is 2.23. The number of carbonyl (C=O) groups excluding carboxylic acids is 1. The zero-order chi connectivity index (χ0) is 13.9. The topological polar surface area (TPSA) is 46.5 Å². The van der Waals surface area contributed by atoms with Crippen LogP contribution in [0.1, 0.15) is 51.2 Å². The Labute approximate surface area is 109 Å². The molecule has 1 rings (SSSR count). The quantitative estimate of drug-likeness (QED) is 0.837. The molecule has 0 spiro atoms. The van der Waals surface area contributed by atoms with E-state index in [0.29, 0.717) is 6.42 Å². The van der Waals surface area contributed by atoms with Gasteiger partial charge in [0, 0.05) is 0 Å². The van der Waals surface area contributed by atoms with Crippen molar-refractivity contribution in [3.05, 3.63) is 29.3 Å². The Hall–Kier alpha value is -1.51. The van der Waals surface area contributed by atoms with Crippen LogP contribution in [0.2, 0.25) is 0 Å². The van der Waals surface area contributed by atoms with Gasteiger partial charge in [0.1, 0.15) is 5.75 Å². The summed E-state index contributed by atoms with van der Waals surface area (Å²) >= 11 is 0. The molecule has 3 heteroatoms. The molecule has 0 heterocycles. The molecule has 0 saturated heterocycles. The predicted octanol–water partition coefficient (Wildman–Crippen LogP) is 3.36.